The third kappa shape index (κ3) is 3.89. The van der Waals surface area contributed by atoms with E-state index in [4.69, 9.17) is 14.2 Å². The van der Waals surface area contributed by atoms with E-state index in [1.807, 2.05) is 0 Å². The Morgan fingerprint density at radius 2 is 2.05 bits per heavy atom. The van der Waals surface area contributed by atoms with Crippen LogP contribution in [0.15, 0.2) is 24.4 Å². The maximum Gasteiger partial charge on any atom is 0.203 e. The van der Waals surface area contributed by atoms with E-state index in [0.717, 1.165) is 0 Å². The van der Waals surface area contributed by atoms with Gasteiger partial charge in [0, 0.05) is 33.5 Å². The lowest BCUT2D eigenvalue weighted by Crippen LogP contribution is -2.05. The highest BCUT2D eigenvalue weighted by molar-refractivity contribution is 6.07. The van der Waals surface area contributed by atoms with Gasteiger partial charge in [0.25, 0.3) is 0 Å². The molecule has 0 unspecified atom stereocenters. The summed E-state index contributed by atoms with van der Waals surface area (Å²) in [6, 6.07) is 3.03. The third-order valence-electron chi connectivity index (χ3n) is 2.42. The first kappa shape index (κ1) is 15.8. The smallest absolute Gasteiger partial charge is 0.203 e. The van der Waals surface area contributed by atoms with E-state index in [-0.39, 0.29) is 29.6 Å². The fraction of sp³-hybridized carbons (Fsp3) is 0.357. The van der Waals surface area contributed by atoms with Gasteiger partial charge in [0.15, 0.2) is 24.1 Å². The predicted octanol–water partition coefficient (Wildman–Crippen LogP) is 1.64. The molecule has 0 spiro atoms. The van der Waals surface area contributed by atoms with Crippen molar-refractivity contribution in [3.05, 3.63) is 30.0 Å². The standard InChI is InChI=1S/C14H19NO5/c1-15(2)8-7-11(16)10-5-6-12(20-9-18-3)14(19-4)13(10)17/h5-8,17H,9H2,1-4H3/b8-7+. The molecule has 0 atom stereocenters. The number of aromatic hydroxyl groups is 1. The summed E-state index contributed by atoms with van der Waals surface area (Å²) >= 11 is 0. The van der Waals surface area contributed by atoms with Crippen LogP contribution < -0.4 is 9.47 Å². The molecule has 1 N–H and O–H groups in total. The second-order valence-corrected chi connectivity index (χ2v) is 4.19. The van der Waals surface area contributed by atoms with Crippen LogP contribution in [0, 0.1) is 0 Å². The Hall–Kier alpha value is -2.21. The topological polar surface area (TPSA) is 68.2 Å². The molecule has 0 aliphatic heterocycles. The number of methoxy groups -OCH3 is 2. The third-order valence-corrected chi connectivity index (χ3v) is 2.42. The number of ether oxygens (including phenoxy) is 3. The molecular weight excluding hydrogens is 262 g/mol. The number of hydrogen-bond donors (Lipinski definition) is 1. The molecule has 0 bridgehead atoms. The lowest BCUT2D eigenvalue weighted by Gasteiger charge is -2.13. The largest absolute Gasteiger partial charge is 0.504 e. The molecule has 0 aliphatic rings. The van der Waals surface area contributed by atoms with Gasteiger partial charge in [-0.25, -0.2) is 0 Å². The molecule has 6 nitrogen and oxygen atoms in total. The second kappa shape index (κ2) is 7.40. The van der Waals surface area contributed by atoms with E-state index >= 15 is 0 Å². The van der Waals surface area contributed by atoms with E-state index in [9.17, 15) is 9.90 Å². The van der Waals surface area contributed by atoms with Crippen molar-refractivity contribution in [3.63, 3.8) is 0 Å². The van der Waals surface area contributed by atoms with E-state index in [1.165, 1.54) is 26.4 Å². The van der Waals surface area contributed by atoms with Gasteiger partial charge in [-0.1, -0.05) is 0 Å². The van der Waals surface area contributed by atoms with E-state index in [0.29, 0.717) is 5.75 Å². The number of hydrogen-bond acceptors (Lipinski definition) is 6. The highest BCUT2D eigenvalue weighted by Crippen LogP contribution is 2.39. The second-order valence-electron chi connectivity index (χ2n) is 4.19. The molecule has 6 heteroatoms. The van der Waals surface area contributed by atoms with Crippen molar-refractivity contribution < 1.29 is 24.1 Å². The minimum absolute atomic E-state index is 0.0175. The zero-order chi connectivity index (χ0) is 15.1. The summed E-state index contributed by atoms with van der Waals surface area (Å²) in [5, 5.41) is 10.1. The zero-order valence-corrected chi connectivity index (χ0v) is 12.0. The van der Waals surface area contributed by atoms with Crippen LogP contribution in [-0.2, 0) is 4.74 Å². The van der Waals surface area contributed by atoms with Crippen molar-refractivity contribution in [2.75, 3.05) is 35.1 Å². The summed E-state index contributed by atoms with van der Waals surface area (Å²) < 4.78 is 15.1. The number of rotatable bonds is 7. The number of ketones is 1. The molecule has 0 radical (unpaired) electrons. The predicted molar refractivity (Wildman–Crippen MR) is 74.3 cm³/mol. The first-order chi connectivity index (χ1) is 9.51. The molecule has 1 aromatic rings. The Labute approximate surface area is 118 Å². The molecule has 0 aliphatic carbocycles. The SMILES string of the molecule is COCOc1ccc(C(=O)/C=C/N(C)C)c(O)c1OC. The van der Waals surface area contributed by atoms with Gasteiger partial charge < -0.3 is 24.2 Å². The van der Waals surface area contributed by atoms with Crippen molar-refractivity contribution >= 4 is 5.78 Å². The van der Waals surface area contributed by atoms with Gasteiger partial charge in [-0.3, -0.25) is 4.79 Å². The number of phenolic OH excluding ortho intramolecular Hbond substituents is 1. The molecule has 0 fully saturated rings. The molecule has 0 amide bonds. The molecular formula is C14H19NO5. The van der Waals surface area contributed by atoms with Crippen LogP contribution in [0.25, 0.3) is 0 Å². The van der Waals surface area contributed by atoms with Crippen LogP contribution in [0.5, 0.6) is 17.2 Å². The minimum Gasteiger partial charge on any atom is -0.504 e. The Kier molecular flexibility index (Phi) is 5.86. The van der Waals surface area contributed by atoms with Crippen molar-refractivity contribution in [3.8, 4) is 17.2 Å². The summed E-state index contributed by atoms with van der Waals surface area (Å²) in [5.41, 5.74) is 0.143. The van der Waals surface area contributed by atoms with Gasteiger partial charge in [-0.2, -0.15) is 0 Å². The first-order valence-electron chi connectivity index (χ1n) is 5.92. The van der Waals surface area contributed by atoms with Crippen LogP contribution in [0.1, 0.15) is 10.4 Å². The van der Waals surface area contributed by atoms with Gasteiger partial charge in [0.2, 0.25) is 5.75 Å². The monoisotopic (exact) mass is 281 g/mol. The van der Waals surface area contributed by atoms with Gasteiger partial charge in [0.1, 0.15) is 0 Å². The van der Waals surface area contributed by atoms with Gasteiger partial charge >= 0.3 is 0 Å². The summed E-state index contributed by atoms with van der Waals surface area (Å²) in [5.74, 6) is -0.173. The molecule has 1 rings (SSSR count). The highest BCUT2D eigenvalue weighted by atomic mass is 16.7. The summed E-state index contributed by atoms with van der Waals surface area (Å²) in [6.45, 7) is 0.0175. The average Bonchev–Trinajstić information content (AvgIpc) is 2.42. The lowest BCUT2D eigenvalue weighted by molar-refractivity contribution is 0.0489. The minimum atomic E-state index is -0.326. The molecule has 0 saturated carbocycles. The van der Waals surface area contributed by atoms with Crippen LogP contribution in [0.3, 0.4) is 0 Å². The molecule has 1 aromatic carbocycles. The van der Waals surface area contributed by atoms with Crippen LogP contribution in [0.2, 0.25) is 0 Å². The molecule has 0 aromatic heterocycles. The number of phenols is 1. The highest BCUT2D eigenvalue weighted by Gasteiger charge is 2.18. The zero-order valence-electron chi connectivity index (χ0n) is 12.0. The van der Waals surface area contributed by atoms with Crippen molar-refractivity contribution in [1.29, 1.82) is 0 Å². The summed E-state index contributed by atoms with van der Waals surface area (Å²) in [7, 11) is 6.46. The van der Waals surface area contributed by atoms with Gasteiger partial charge in [-0.15, -0.1) is 0 Å². The Bertz CT molecular complexity index is 497. The number of benzene rings is 1. The fourth-order valence-electron chi connectivity index (χ4n) is 1.49. The average molecular weight is 281 g/mol. The summed E-state index contributed by atoms with van der Waals surface area (Å²) in [6.07, 6.45) is 2.97. The summed E-state index contributed by atoms with van der Waals surface area (Å²) in [4.78, 5) is 13.7. The number of nitrogens with zero attached hydrogens (tertiary/aromatic N) is 1. The van der Waals surface area contributed by atoms with Gasteiger partial charge in [0.05, 0.1) is 12.7 Å². The van der Waals surface area contributed by atoms with Crippen molar-refractivity contribution in [2.24, 2.45) is 0 Å². The van der Waals surface area contributed by atoms with E-state index < -0.39 is 0 Å². The maximum atomic E-state index is 12.0. The first-order valence-corrected chi connectivity index (χ1v) is 5.92. The Balaban J connectivity index is 3.08. The quantitative estimate of drug-likeness (QED) is 0.465. The molecule has 110 valence electrons. The van der Waals surface area contributed by atoms with Crippen molar-refractivity contribution in [1.82, 2.24) is 4.90 Å². The maximum absolute atomic E-state index is 12.0. The van der Waals surface area contributed by atoms with Crippen LogP contribution >= 0.6 is 0 Å². The van der Waals surface area contributed by atoms with Crippen LogP contribution in [-0.4, -0.2) is 50.9 Å². The van der Waals surface area contributed by atoms with E-state index in [2.05, 4.69) is 0 Å². The molecule has 0 heterocycles. The Morgan fingerprint density at radius 1 is 1.35 bits per heavy atom. The fourth-order valence-corrected chi connectivity index (χ4v) is 1.49. The van der Waals surface area contributed by atoms with Crippen molar-refractivity contribution in [2.45, 2.75) is 0 Å². The van der Waals surface area contributed by atoms with Crippen LogP contribution in [0.4, 0.5) is 0 Å². The molecule has 20 heavy (non-hydrogen) atoms. The molecule has 0 saturated heterocycles. The van der Waals surface area contributed by atoms with Gasteiger partial charge in [-0.05, 0) is 12.1 Å². The number of carbonyl (C=O) groups is 1. The lowest BCUT2D eigenvalue weighted by atomic mass is 10.1. The van der Waals surface area contributed by atoms with E-state index in [1.54, 1.807) is 31.3 Å². The normalized spacial score (nSPS) is 10.6. The Morgan fingerprint density at radius 3 is 2.60 bits per heavy atom. The number of carbonyl (C=O) groups excluding carboxylic acids is 1. The number of allylic oxidation sites excluding steroid dienone is 1.